The first-order chi connectivity index (χ1) is 12.4. The van der Waals surface area contributed by atoms with Gasteiger partial charge in [0.05, 0.1) is 17.0 Å². The number of hydrogen-bond acceptors (Lipinski definition) is 4. The van der Waals surface area contributed by atoms with E-state index in [2.05, 4.69) is 15.3 Å². The lowest BCUT2D eigenvalue weighted by Gasteiger charge is -2.24. The molecule has 2 aromatic heterocycles. The van der Waals surface area contributed by atoms with Crippen LogP contribution in [0.2, 0.25) is 0 Å². The minimum Gasteiger partial charge on any atom is -0.352 e. The number of rotatable bonds is 3. The van der Waals surface area contributed by atoms with Crippen molar-refractivity contribution in [3.8, 4) is 11.1 Å². The second-order valence-corrected chi connectivity index (χ2v) is 6.75. The third kappa shape index (κ3) is 3.17. The van der Waals surface area contributed by atoms with Crippen LogP contribution >= 0.6 is 0 Å². The van der Waals surface area contributed by atoms with Gasteiger partial charge in [-0.25, -0.2) is 0 Å². The van der Waals surface area contributed by atoms with Crippen LogP contribution in [0.3, 0.4) is 0 Å². The predicted molar refractivity (Wildman–Crippen MR) is 101 cm³/mol. The van der Waals surface area contributed by atoms with Gasteiger partial charge < -0.3 is 5.32 Å². The number of carbonyl (C=O) groups excluding carboxylic acids is 2. The Morgan fingerprint density at radius 1 is 1.23 bits per heavy atom. The molecule has 0 radical (unpaired) electrons. The molecular formula is C21H23N3O2. The van der Waals surface area contributed by atoms with Gasteiger partial charge in [-0.05, 0) is 33.8 Å². The van der Waals surface area contributed by atoms with Gasteiger partial charge in [-0.1, -0.05) is 17.2 Å². The first-order valence-corrected chi connectivity index (χ1v) is 8.84. The number of pyridine rings is 2. The van der Waals surface area contributed by atoms with Gasteiger partial charge in [0.1, 0.15) is 0 Å². The molecule has 0 saturated carbocycles. The lowest BCUT2D eigenvalue weighted by Crippen LogP contribution is -2.27. The van der Waals surface area contributed by atoms with Crippen LogP contribution in [0.4, 0.5) is 0 Å². The fourth-order valence-electron chi connectivity index (χ4n) is 3.42. The maximum atomic E-state index is 13.0. The molecule has 0 atom stereocenters. The lowest BCUT2D eigenvalue weighted by atomic mass is 9.82. The molecule has 1 N–H and O–H groups in total. The Bertz CT molecular complexity index is 911. The van der Waals surface area contributed by atoms with Gasteiger partial charge in [-0.3, -0.25) is 19.6 Å². The van der Waals surface area contributed by atoms with E-state index in [1.165, 1.54) is 0 Å². The zero-order chi connectivity index (χ0) is 18.8. The Morgan fingerprint density at radius 2 is 2.00 bits per heavy atom. The van der Waals surface area contributed by atoms with Crippen LogP contribution in [-0.4, -0.2) is 28.2 Å². The number of nitrogens with zero attached hydrogens (tertiary/aromatic N) is 2. The van der Waals surface area contributed by atoms with Gasteiger partial charge in [-0.15, -0.1) is 0 Å². The molecule has 0 bridgehead atoms. The van der Waals surface area contributed by atoms with E-state index in [0.29, 0.717) is 41.8 Å². The van der Waals surface area contributed by atoms with E-state index in [1.807, 2.05) is 39.8 Å². The maximum Gasteiger partial charge on any atom is 0.253 e. The number of amides is 1. The molecule has 26 heavy (non-hydrogen) atoms. The van der Waals surface area contributed by atoms with Gasteiger partial charge in [0.25, 0.3) is 5.91 Å². The molecule has 0 unspecified atom stereocenters. The van der Waals surface area contributed by atoms with Crippen molar-refractivity contribution in [2.24, 2.45) is 0 Å². The molecule has 0 fully saturated rings. The van der Waals surface area contributed by atoms with E-state index in [9.17, 15) is 9.59 Å². The molecule has 0 spiro atoms. The average molecular weight is 349 g/mol. The van der Waals surface area contributed by atoms with Crippen molar-refractivity contribution < 1.29 is 9.59 Å². The number of fused-ring (bicyclic) bond motifs is 1. The van der Waals surface area contributed by atoms with Crippen molar-refractivity contribution in [1.82, 2.24) is 15.3 Å². The zero-order valence-electron chi connectivity index (χ0n) is 15.6. The van der Waals surface area contributed by atoms with Gasteiger partial charge in [0.15, 0.2) is 5.78 Å². The summed E-state index contributed by atoms with van der Waals surface area (Å²) >= 11 is 0. The molecular weight excluding hydrogens is 326 g/mol. The lowest BCUT2D eigenvalue weighted by molar-refractivity contribution is 0.0955. The molecule has 0 aromatic carbocycles. The Morgan fingerprint density at radius 3 is 2.62 bits per heavy atom. The highest BCUT2D eigenvalue weighted by Gasteiger charge is 2.31. The Kier molecular flexibility index (Phi) is 4.98. The van der Waals surface area contributed by atoms with E-state index >= 15 is 0 Å². The van der Waals surface area contributed by atoms with Gasteiger partial charge >= 0.3 is 0 Å². The number of aromatic nitrogens is 2. The monoisotopic (exact) mass is 349 g/mol. The molecule has 3 rings (SSSR count). The molecule has 1 aliphatic rings. The van der Waals surface area contributed by atoms with Crippen molar-refractivity contribution in [1.29, 1.82) is 0 Å². The van der Waals surface area contributed by atoms with E-state index < -0.39 is 0 Å². The van der Waals surface area contributed by atoms with E-state index in [-0.39, 0.29) is 11.7 Å². The molecule has 2 heterocycles. The first-order valence-electron chi connectivity index (χ1n) is 8.84. The summed E-state index contributed by atoms with van der Waals surface area (Å²) in [4.78, 5) is 34.6. The van der Waals surface area contributed by atoms with Crippen molar-refractivity contribution in [2.45, 2.75) is 40.5 Å². The number of allylic oxidation sites excluding steroid dienone is 2. The second-order valence-electron chi connectivity index (χ2n) is 6.75. The highest BCUT2D eigenvalue weighted by Crippen LogP contribution is 2.36. The summed E-state index contributed by atoms with van der Waals surface area (Å²) in [6.07, 6.45) is 4.40. The largest absolute Gasteiger partial charge is 0.352 e. The normalized spacial score (nSPS) is 13.4. The highest BCUT2D eigenvalue weighted by atomic mass is 16.1. The fourth-order valence-corrected chi connectivity index (χ4v) is 3.42. The third-order valence-corrected chi connectivity index (χ3v) is 4.71. The van der Waals surface area contributed by atoms with Crippen LogP contribution < -0.4 is 5.32 Å². The molecule has 2 aromatic rings. The van der Waals surface area contributed by atoms with Gasteiger partial charge in [0, 0.05) is 48.5 Å². The molecule has 134 valence electrons. The summed E-state index contributed by atoms with van der Waals surface area (Å²) in [5, 5.41) is 2.84. The summed E-state index contributed by atoms with van der Waals surface area (Å²) in [6, 6.07) is 3.70. The van der Waals surface area contributed by atoms with Crippen LogP contribution in [-0.2, 0) is 6.42 Å². The topological polar surface area (TPSA) is 72.0 Å². The summed E-state index contributed by atoms with van der Waals surface area (Å²) in [5.74, 6) is -0.195. The number of nitrogens with one attached hydrogen (secondary N) is 1. The van der Waals surface area contributed by atoms with Crippen LogP contribution in [0.25, 0.3) is 11.1 Å². The average Bonchev–Trinajstić information content (AvgIpc) is 2.61. The number of ketones is 1. The molecule has 0 saturated heterocycles. The van der Waals surface area contributed by atoms with Gasteiger partial charge in [0.2, 0.25) is 0 Å². The summed E-state index contributed by atoms with van der Waals surface area (Å²) in [5.41, 5.74) is 6.10. The molecule has 0 aliphatic heterocycles. The minimum absolute atomic E-state index is 0.0133. The summed E-state index contributed by atoms with van der Waals surface area (Å²) in [6.45, 7) is 8.25. The standard InChI is InChI=1S/C21H23N3O2/c1-5-23-21(26)18-13(4)24-16-9-15(12(2)3)10-17(25)20(16)19(18)14-7-6-8-22-11-14/h6-8,11H,5,9-10H2,1-4H3,(H,23,26). The van der Waals surface area contributed by atoms with Crippen LogP contribution in [0.15, 0.2) is 35.7 Å². The van der Waals surface area contributed by atoms with E-state index in [1.54, 1.807) is 12.4 Å². The predicted octanol–water partition coefficient (Wildman–Crippen LogP) is 3.67. The zero-order valence-corrected chi connectivity index (χ0v) is 15.6. The van der Waals surface area contributed by atoms with Crippen LogP contribution in [0.5, 0.6) is 0 Å². The fraction of sp³-hybridized carbons (Fsp3) is 0.333. The number of Topliss-reactive ketones (excluding diaryl/α,β-unsaturated/α-hetero) is 1. The molecule has 1 aliphatic carbocycles. The Balaban J connectivity index is 2.33. The van der Waals surface area contributed by atoms with Crippen molar-refractivity contribution in [3.05, 3.63) is 58.2 Å². The first kappa shape index (κ1) is 18.0. The van der Waals surface area contributed by atoms with Crippen molar-refractivity contribution in [3.63, 3.8) is 0 Å². The third-order valence-electron chi connectivity index (χ3n) is 4.71. The summed E-state index contributed by atoms with van der Waals surface area (Å²) < 4.78 is 0. The molecule has 5 nitrogen and oxygen atoms in total. The maximum absolute atomic E-state index is 13.0. The number of aryl methyl sites for hydroxylation is 1. The quantitative estimate of drug-likeness (QED) is 0.858. The highest BCUT2D eigenvalue weighted by molar-refractivity contribution is 6.12. The minimum atomic E-state index is -0.208. The van der Waals surface area contributed by atoms with Gasteiger partial charge in [-0.2, -0.15) is 0 Å². The second kappa shape index (κ2) is 7.20. The van der Waals surface area contributed by atoms with Crippen LogP contribution in [0, 0.1) is 6.92 Å². The van der Waals surface area contributed by atoms with E-state index in [0.717, 1.165) is 22.4 Å². The number of carbonyl (C=O) groups is 2. The molecule has 1 amide bonds. The summed E-state index contributed by atoms with van der Waals surface area (Å²) in [7, 11) is 0. The molecule has 5 heteroatoms. The Labute approximate surface area is 153 Å². The number of hydrogen-bond donors (Lipinski definition) is 1. The Hall–Kier alpha value is -2.82. The smallest absolute Gasteiger partial charge is 0.253 e. The van der Waals surface area contributed by atoms with E-state index in [4.69, 9.17) is 0 Å². The SMILES string of the molecule is CCNC(=O)c1c(C)nc2c(c1-c1cccnc1)C(=O)CC(=C(C)C)C2. The van der Waals surface area contributed by atoms with Crippen LogP contribution in [0.1, 0.15) is 59.3 Å². The van der Waals surface area contributed by atoms with Crippen molar-refractivity contribution >= 4 is 11.7 Å². The van der Waals surface area contributed by atoms with Crippen molar-refractivity contribution in [2.75, 3.05) is 6.54 Å².